The standard InChI is InChI=1S/C14H20N2O5/c1-8(13-9(2)15-21-10(13)3)14(19)16-4-5-20-11(7-16)6-12(17)18/h8,11H,4-7H2,1-3H3,(H,17,18)/t8-,11+/m1/s1. The van der Waals surface area contributed by atoms with Gasteiger partial charge in [-0.1, -0.05) is 5.16 Å². The SMILES string of the molecule is Cc1noc(C)c1[C@@H](C)C(=O)N1CCO[C@@H](CC(=O)O)C1. The number of rotatable bonds is 4. The number of amides is 1. The van der Waals surface area contributed by atoms with Crippen LogP contribution in [-0.2, 0) is 14.3 Å². The fourth-order valence-electron chi connectivity index (χ4n) is 2.74. The lowest BCUT2D eigenvalue weighted by Gasteiger charge is -2.34. The third kappa shape index (κ3) is 3.41. The molecule has 1 aliphatic rings. The minimum Gasteiger partial charge on any atom is -0.481 e. The molecule has 1 amide bonds. The Morgan fingerprint density at radius 1 is 1.48 bits per heavy atom. The van der Waals surface area contributed by atoms with Gasteiger partial charge in [0, 0.05) is 18.7 Å². The van der Waals surface area contributed by atoms with Crippen LogP contribution in [0.4, 0.5) is 0 Å². The molecule has 0 spiro atoms. The molecule has 0 unspecified atom stereocenters. The number of carbonyl (C=O) groups excluding carboxylic acids is 1. The van der Waals surface area contributed by atoms with Crippen molar-refractivity contribution < 1.29 is 24.0 Å². The van der Waals surface area contributed by atoms with Gasteiger partial charge in [0.2, 0.25) is 5.91 Å². The predicted octanol–water partition coefficient (Wildman–Crippen LogP) is 1.10. The summed E-state index contributed by atoms with van der Waals surface area (Å²) in [6, 6.07) is 0. The zero-order valence-corrected chi connectivity index (χ0v) is 12.5. The first-order valence-corrected chi connectivity index (χ1v) is 6.95. The minimum absolute atomic E-state index is 0.0527. The third-order valence-corrected chi connectivity index (χ3v) is 3.74. The van der Waals surface area contributed by atoms with Gasteiger partial charge in [-0.15, -0.1) is 0 Å². The molecule has 1 aromatic rings. The van der Waals surface area contributed by atoms with E-state index in [4.69, 9.17) is 14.4 Å². The Labute approximate surface area is 122 Å². The number of carboxylic acids is 1. The topological polar surface area (TPSA) is 92.9 Å². The van der Waals surface area contributed by atoms with Crippen molar-refractivity contribution in [3.63, 3.8) is 0 Å². The van der Waals surface area contributed by atoms with E-state index in [1.807, 2.05) is 13.8 Å². The lowest BCUT2D eigenvalue weighted by Crippen LogP contribution is -2.47. The molecule has 1 saturated heterocycles. The van der Waals surface area contributed by atoms with Crippen molar-refractivity contribution in [3.05, 3.63) is 17.0 Å². The number of hydrogen-bond donors (Lipinski definition) is 1. The maximum absolute atomic E-state index is 12.6. The Balaban J connectivity index is 2.07. The van der Waals surface area contributed by atoms with Gasteiger partial charge in [-0.2, -0.15) is 0 Å². The second-order valence-corrected chi connectivity index (χ2v) is 5.33. The fourth-order valence-corrected chi connectivity index (χ4v) is 2.74. The quantitative estimate of drug-likeness (QED) is 0.894. The lowest BCUT2D eigenvalue weighted by atomic mass is 9.97. The molecule has 0 aliphatic carbocycles. The number of morpholine rings is 1. The van der Waals surface area contributed by atoms with E-state index in [0.29, 0.717) is 31.2 Å². The molecule has 0 aromatic carbocycles. The van der Waals surface area contributed by atoms with E-state index in [-0.39, 0.29) is 18.2 Å². The van der Waals surface area contributed by atoms with E-state index in [1.54, 1.807) is 11.8 Å². The van der Waals surface area contributed by atoms with Gasteiger partial charge in [0.25, 0.3) is 0 Å². The van der Waals surface area contributed by atoms with Crippen molar-refractivity contribution in [2.75, 3.05) is 19.7 Å². The number of aryl methyl sites for hydroxylation is 2. The Bertz CT molecular complexity index is 520. The van der Waals surface area contributed by atoms with Crippen LogP contribution in [0, 0.1) is 13.8 Å². The number of carboxylic acid groups (broad SMARTS) is 1. The van der Waals surface area contributed by atoms with Crippen LogP contribution in [0.2, 0.25) is 0 Å². The summed E-state index contributed by atoms with van der Waals surface area (Å²) in [6.45, 7) is 6.55. The van der Waals surface area contributed by atoms with Crippen LogP contribution in [0.5, 0.6) is 0 Å². The van der Waals surface area contributed by atoms with Crippen molar-refractivity contribution in [1.82, 2.24) is 10.1 Å². The second kappa shape index (κ2) is 6.26. The van der Waals surface area contributed by atoms with Gasteiger partial charge in [-0.05, 0) is 20.8 Å². The van der Waals surface area contributed by atoms with Crippen molar-refractivity contribution in [1.29, 1.82) is 0 Å². The third-order valence-electron chi connectivity index (χ3n) is 3.74. The van der Waals surface area contributed by atoms with Crippen LogP contribution in [0.3, 0.4) is 0 Å². The molecule has 0 saturated carbocycles. The normalized spacial score (nSPS) is 20.3. The van der Waals surface area contributed by atoms with E-state index in [0.717, 1.165) is 5.56 Å². The fraction of sp³-hybridized carbons (Fsp3) is 0.643. The largest absolute Gasteiger partial charge is 0.481 e. The van der Waals surface area contributed by atoms with Crippen LogP contribution in [0.1, 0.15) is 36.3 Å². The van der Waals surface area contributed by atoms with Crippen molar-refractivity contribution >= 4 is 11.9 Å². The summed E-state index contributed by atoms with van der Waals surface area (Å²) in [5.41, 5.74) is 1.52. The lowest BCUT2D eigenvalue weighted by molar-refractivity contribution is -0.148. The first-order valence-electron chi connectivity index (χ1n) is 6.95. The van der Waals surface area contributed by atoms with Gasteiger partial charge in [0.15, 0.2) is 0 Å². The van der Waals surface area contributed by atoms with Gasteiger partial charge in [-0.3, -0.25) is 9.59 Å². The van der Waals surface area contributed by atoms with E-state index in [9.17, 15) is 9.59 Å². The minimum atomic E-state index is -0.923. The highest BCUT2D eigenvalue weighted by atomic mass is 16.5. The molecule has 7 heteroatoms. The summed E-state index contributed by atoms with van der Waals surface area (Å²) in [7, 11) is 0. The zero-order chi connectivity index (χ0) is 15.6. The van der Waals surface area contributed by atoms with Crippen molar-refractivity contribution in [2.24, 2.45) is 0 Å². The Morgan fingerprint density at radius 2 is 2.19 bits per heavy atom. The van der Waals surface area contributed by atoms with Crippen LogP contribution in [0.15, 0.2) is 4.52 Å². The zero-order valence-electron chi connectivity index (χ0n) is 12.5. The van der Waals surface area contributed by atoms with Gasteiger partial charge in [0.1, 0.15) is 5.76 Å². The van der Waals surface area contributed by atoms with E-state index in [1.165, 1.54) is 0 Å². The molecule has 1 fully saturated rings. The number of hydrogen-bond acceptors (Lipinski definition) is 5. The molecule has 2 rings (SSSR count). The molecule has 7 nitrogen and oxygen atoms in total. The highest BCUT2D eigenvalue weighted by Crippen LogP contribution is 2.25. The summed E-state index contributed by atoms with van der Waals surface area (Å²) < 4.78 is 10.5. The summed E-state index contributed by atoms with van der Waals surface area (Å²) in [6.07, 6.45) is -0.541. The van der Waals surface area contributed by atoms with Gasteiger partial charge >= 0.3 is 5.97 Å². The Morgan fingerprint density at radius 3 is 2.76 bits per heavy atom. The molecule has 0 radical (unpaired) electrons. The van der Waals surface area contributed by atoms with Gasteiger partial charge in [-0.25, -0.2) is 0 Å². The van der Waals surface area contributed by atoms with Gasteiger partial charge in [0.05, 0.1) is 30.7 Å². The van der Waals surface area contributed by atoms with Crippen LogP contribution in [-0.4, -0.2) is 52.8 Å². The number of aliphatic carboxylic acids is 1. The smallest absolute Gasteiger partial charge is 0.306 e. The number of ether oxygens (including phenoxy) is 1. The highest BCUT2D eigenvalue weighted by molar-refractivity contribution is 5.84. The molecular weight excluding hydrogens is 276 g/mol. The Hall–Kier alpha value is -1.89. The number of aromatic nitrogens is 1. The number of nitrogens with zero attached hydrogens (tertiary/aromatic N) is 2. The summed E-state index contributed by atoms with van der Waals surface area (Å²) >= 11 is 0. The van der Waals surface area contributed by atoms with E-state index in [2.05, 4.69) is 5.16 Å². The maximum atomic E-state index is 12.6. The van der Waals surface area contributed by atoms with Crippen molar-refractivity contribution in [3.8, 4) is 0 Å². The van der Waals surface area contributed by atoms with Crippen LogP contribution >= 0.6 is 0 Å². The van der Waals surface area contributed by atoms with Crippen molar-refractivity contribution in [2.45, 2.75) is 39.2 Å². The molecular formula is C14H20N2O5. The molecule has 2 atom stereocenters. The van der Waals surface area contributed by atoms with Gasteiger partial charge < -0.3 is 19.3 Å². The predicted molar refractivity (Wildman–Crippen MR) is 73.0 cm³/mol. The highest BCUT2D eigenvalue weighted by Gasteiger charge is 2.31. The van der Waals surface area contributed by atoms with Crippen LogP contribution < -0.4 is 0 Å². The maximum Gasteiger partial charge on any atom is 0.306 e. The molecule has 116 valence electrons. The van der Waals surface area contributed by atoms with E-state index >= 15 is 0 Å². The average Bonchev–Trinajstić information content (AvgIpc) is 2.76. The summed E-state index contributed by atoms with van der Waals surface area (Å²) in [5, 5.41) is 12.7. The monoisotopic (exact) mass is 296 g/mol. The molecule has 2 heterocycles. The molecule has 1 aromatic heterocycles. The average molecular weight is 296 g/mol. The molecule has 21 heavy (non-hydrogen) atoms. The Kier molecular flexibility index (Phi) is 4.62. The van der Waals surface area contributed by atoms with E-state index < -0.39 is 12.1 Å². The summed E-state index contributed by atoms with van der Waals surface area (Å²) in [5.74, 6) is -0.695. The first-order chi connectivity index (χ1) is 9.90. The van der Waals surface area contributed by atoms with Crippen LogP contribution in [0.25, 0.3) is 0 Å². The molecule has 1 aliphatic heterocycles. The molecule has 0 bridgehead atoms. The number of carbonyl (C=O) groups is 2. The molecule has 1 N–H and O–H groups in total. The summed E-state index contributed by atoms with van der Waals surface area (Å²) in [4.78, 5) is 25.0. The second-order valence-electron chi connectivity index (χ2n) is 5.33. The first kappa shape index (κ1) is 15.5.